The van der Waals surface area contributed by atoms with Crippen LogP contribution in [0.5, 0.6) is 0 Å². The summed E-state index contributed by atoms with van der Waals surface area (Å²) in [6.45, 7) is 3.48. The highest BCUT2D eigenvalue weighted by molar-refractivity contribution is 7.99. The lowest BCUT2D eigenvalue weighted by molar-refractivity contribution is 0.484. The zero-order chi connectivity index (χ0) is 11.8. The smallest absolute Gasteiger partial charge is 0.0106 e. The van der Waals surface area contributed by atoms with Gasteiger partial charge in [0.05, 0.1) is 0 Å². The molecule has 1 aliphatic heterocycles. The van der Waals surface area contributed by atoms with Crippen molar-refractivity contribution >= 4 is 11.8 Å². The van der Waals surface area contributed by atoms with Crippen LogP contribution in [0.1, 0.15) is 19.3 Å². The molecular weight excluding hydrogens is 228 g/mol. The predicted molar refractivity (Wildman–Crippen MR) is 75.7 cm³/mol. The molecule has 1 aliphatic rings. The molecule has 1 aromatic rings. The lowest BCUT2D eigenvalue weighted by atomic mass is 10.1. The number of hydrogen-bond acceptors (Lipinski definition) is 3. The summed E-state index contributed by atoms with van der Waals surface area (Å²) < 4.78 is 0. The van der Waals surface area contributed by atoms with Crippen molar-refractivity contribution in [3.63, 3.8) is 0 Å². The zero-order valence-electron chi connectivity index (χ0n) is 10.3. The van der Waals surface area contributed by atoms with Gasteiger partial charge in [0, 0.05) is 23.2 Å². The van der Waals surface area contributed by atoms with Gasteiger partial charge >= 0.3 is 0 Å². The normalized spacial score (nSPS) is 21.1. The van der Waals surface area contributed by atoms with Crippen molar-refractivity contribution in [2.24, 2.45) is 0 Å². The second kappa shape index (κ2) is 7.75. The third-order valence-electron chi connectivity index (χ3n) is 3.12. The van der Waals surface area contributed by atoms with E-state index in [1.807, 2.05) is 11.8 Å². The largest absolute Gasteiger partial charge is 0.317 e. The third kappa shape index (κ3) is 5.11. The van der Waals surface area contributed by atoms with Gasteiger partial charge in [0.2, 0.25) is 0 Å². The molecular formula is C14H22N2S. The van der Waals surface area contributed by atoms with Gasteiger partial charge in [0.15, 0.2) is 0 Å². The molecule has 0 radical (unpaired) electrons. The summed E-state index contributed by atoms with van der Waals surface area (Å²) in [5.74, 6) is 1.16. The van der Waals surface area contributed by atoms with E-state index < -0.39 is 0 Å². The Labute approximate surface area is 109 Å². The fourth-order valence-electron chi connectivity index (χ4n) is 2.17. The second-order valence-electron chi connectivity index (χ2n) is 4.49. The summed E-state index contributed by atoms with van der Waals surface area (Å²) >= 11 is 1.94. The molecule has 3 heteroatoms. The van der Waals surface area contributed by atoms with Crippen LogP contribution >= 0.6 is 11.8 Å². The Bertz CT molecular complexity index is 294. The topological polar surface area (TPSA) is 24.1 Å². The van der Waals surface area contributed by atoms with Crippen LogP contribution in [0.15, 0.2) is 35.2 Å². The Balaban J connectivity index is 1.59. The Morgan fingerprint density at radius 2 is 2.06 bits per heavy atom. The summed E-state index contributed by atoms with van der Waals surface area (Å²) in [5.41, 5.74) is 0. The van der Waals surface area contributed by atoms with Gasteiger partial charge < -0.3 is 10.6 Å². The molecule has 1 fully saturated rings. The van der Waals surface area contributed by atoms with E-state index in [0.29, 0.717) is 0 Å². The molecule has 0 spiro atoms. The Hall–Kier alpha value is -0.510. The molecule has 1 heterocycles. The highest BCUT2D eigenvalue weighted by Crippen LogP contribution is 2.16. The second-order valence-corrected chi connectivity index (χ2v) is 5.66. The van der Waals surface area contributed by atoms with Crippen molar-refractivity contribution in [3.8, 4) is 0 Å². The highest BCUT2D eigenvalue weighted by atomic mass is 32.2. The minimum absolute atomic E-state index is 0.723. The van der Waals surface area contributed by atoms with Crippen LogP contribution < -0.4 is 10.6 Å². The Kier molecular flexibility index (Phi) is 5.89. The Morgan fingerprint density at radius 1 is 1.18 bits per heavy atom. The van der Waals surface area contributed by atoms with Crippen molar-refractivity contribution in [3.05, 3.63) is 30.3 Å². The first-order chi connectivity index (χ1) is 8.45. The molecule has 17 heavy (non-hydrogen) atoms. The van der Waals surface area contributed by atoms with Crippen LogP contribution in [0.4, 0.5) is 0 Å². The van der Waals surface area contributed by atoms with Gasteiger partial charge in [-0.15, -0.1) is 11.8 Å². The van der Waals surface area contributed by atoms with E-state index in [1.54, 1.807) is 0 Å². The first kappa shape index (κ1) is 12.9. The SMILES string of the molecule is c1ccc(SCCNC2CCCNCC2)cc1. The molecule has 1 saturated heterocycles. The number of rotatable bonds is 5. The fourth-order valence-corrected chi connectivity index (χ4v) is 2.98. The number of hydrogen-bond donors (Lipinski definition) is 2. The molecule has 0 aliphatic carbocycles. The average molecular weight is 250 g/mol. The molecule has 1 unspecified atom stereocenters. The number of nitrogens with one attached hydrogen (secondary N) is 2. The van der Waals surface area contributed by atoms with Gasteiger partial charge in [0.1, 0.15) is 0 Å². The van der Waals surface area contributed by atoms with Crippen molar-refractivity contribution in [2.45, 2.75) is 30.2 Å². The molecule has 1 atom stereocenters. The van der Waals surface area contributed by atoms with E-state index in [4.69, 9.17) is 0 Å². The molecule has 0 amide bonds. The fraction of sp³-hybridized carbons (Fsp3) is 0.571. The highest BCUT2D eigenvalue weighted by Gasteiger charge is 2.10. The average Bonchev–Trinajstić information content (AvgIpc) is 2.65. The van der Waals surface area contributed by atoms with Crippen LogP contribution in [0.25, 0.3) is 0 Å². The van der Waals surface area contributed by atoms with E-state index >= 15 is 0 Å². The minimum Gasteiger partial charge on any atom is -0.317 e. The lowest BCUT2D eigenvalue weighted by Crippen LogP contribution is -2.31. The molecule has 2 N–H and O–H groups in total. The van der Waals surface area contributed by atoms with Crippen LogP contribution in [0, 0.1) is 0 Å². The summed E-state index contributed by atoms with van der Waals surface area (Å²) in [6.07, 6.45) is 3.91. The maximum absolute atomic E-state index is 3.67. The predicted octanol–water partition coefficient (Wildman–Crippen LogP) is 2.51. The molecule has 0 aromatic heterocycles. The van der Waals surface area contributed by atoms with Crippen LogP contribution in [-0.4, -0.2) is 31.4 Å². The first-order valence-corrected chi connectivity index (χ1v) is 7.55. The summed E-state index contributed by atoms with van der Waals surface area (Å²) in [7, 11) is 0. The monoisotopic (exact) mass is 250 g/mol. The van der Waals surface area contributed by atoms with Gasteiger partial charge in [-0.2, -0.15) is 0 Å². The third-order valence-corrected chi connectivity index (χ3v) is 4.14. The maximum Gasteiger partial charge on any atom is 0.0106 e. The van der Waals surface area contributed by atoms with Crippen molar-refractivity contribution in [1.29, 1.82) is 0 Å². The van der Waals surface area contributed by atoms with Crippen LogP contribution in [0.2, 0.25) is 0 Å². The number of benzene rings is 1. The number of thioether (sulfide) groups is 1. The summed E-state index contributed by atoms with van der Waals surface area (Å²) in [4.78, 5) is 1.37. The standard InChI is InChI=1S/C14H22N2S/c1-2-6-14(7-3-1)17-12-11-16-13-5-4-9-15-10-8-13/h1-3,6-7,13,15-16H,4-5,8-12H2. The van der Waals surface area contributed by atoms with E-state index in [2.05, 4.69) is 41.0 Å². The maximum atomic E-state index is 3.67. The molecule has 0 bridgehead atoms. The van der Waals surface area contributed by atoms with E-state index in [0.717, 1.165) is 18.3 Å². The summed E-state index contributed by atoms with van der Waals surface area (Å²) in [6, 6.07) is 11.4. The van der Waals surface area contributed by atoms with Crippen LogP contribution in [-0.2, 0) is 0 Å². The molecule has 2 nitrogen and oxygen atoms in total. The van der Waals surface area contributed by atoms with Crippen molar-refractivity contribution < 1.29 is 0 Å². The van der Waals surface area contributed by atoms with Gasteiger partial charge in [-0.1, -0.05) is 18.2 Å². The van der Waals surface area contributed by atoms with E-state index in [1.165, 1.54) is 37.2 Å². The van der Waals surface area contributed by atoms with Crippen LogP contribution in [0.3, 0.4) is 0 Å². The molecule has 94 valence electrons. The van der Waals surface area contributed by atoms with E-state index in [9.17, 15) is 0 Å². The molecule has 1 aromatic carbocycles. The minimum atomic E-state index is 0.723. The first-order valence-electron chi connectivity index (χ1n) is 6.57. The molecule has 2 rings (SSSR count). The van der Waals surface area contributed by atoms with E-state index in [-0.39, 0.29) is 0 Å². The Morgan fingerprint density at radius 3 is 2.94 bits per heavy atom. The van der Waals surface area contributed by atoms with Gasteiger partial charge in [-0.3, -0.25) is 0 Å². The summed E-state index contributed by atoms with van der Waals surface area (Å²) in [5, 5.41) is 7.12. The lowest BCUT2D eigenvalue weighted by Gasteiger charge is -2.15. The van der Waals surface area contributed by atoms with Crippen molar-refractivity contribution in [1.82, 2.24) is 10.6 Å². The zero-order valence-corrected chi connectivity index (χ0v) is 11.1. The van der Waals surface area contributed by atoms with Gasteiger partial charge in [0.25, 0.3) is 0 Å². The molecule has 0 saturated carbocycles. The van der Waals surface area contributed by atoms with Gasteiger partial charge in [-0.25, -0.2) is 0 Å². The quantitative estimate of drug-likeness (QED) is 0.620. The van der Waals surface area contributed by atoms with Crippen molar-refractivity contribution in [2.75, 3.05) is 25.4 Å². The van der Waals surface area contributed by atoms with Gasteiger partial charge in [-0.05, 0) is 44.5 Å².